The summed E-state index contributed by atoms with van der Waals surface area (Å²) in [5, 5.41) is 11.5. The van der Waals surface area contributed by atoms with Gasteiger partial charge in [-0.05, 0) is 18.2 Å². The van der Waals surface area contributed by atoms with Gasteiger partial charge < -0.3 is 19.2 Å². The molecule has 0 bridgehead atoms. The van der Waals surface area contributed by atoms with Gasteiger partial charge in [-0.25, -0.2) is 4.98 Å². The molecule has 1 aliphatic heterocycles. The molecule has 0 atom stereocenters. The van der Waals surface area contributed by atoms with Crippen LogP contribution in [0.2, 0.25) is 0 Å². The summed E-state index contributed by atoms with van der Waals surface area (Å²) in [4.78, 5) is 16.4. The van der Waals surface area contributed by atoms with Crippen LogP contribution >= 0.6 is 0 Å². The zero-order chi connectivity index (χ0) is 15.7. The van der Waals surface area contributed by atoms with Gasteiger partial charge in [0.1, 0.15) is 6.21 Å². The van der Waals surface area contributed by atoms with Gasteiger partial charge in [-0.1, -0.05) is 5.16 Å². The van der Waals surface area contributed by atoms with Crippen molar-refractivity contribution in [3.63, 3.8) is 0 Å². The van der Waals surface area contributed by atoms with Crippen molar-refractivity contribution >= 4 is 12.0 Å². The number of carbonyl (C=O) groups excluding carboxylic acids is 1. The molecule has 2 aromatic rings. The highest BCUT2D eigenvalue weighted by molar-refractivity contribution is 5.97. The van der Waals surface area contributed by atoms with E-state index in [1.807, 2.05) is 0 Å². The van der Waals surface area contributed by atoms with E-state index in [0.29, 0.717) is 22.9 Å². The summed E-state index contributed by atoms with van der Waals surface area (Å²) in [5.41, 5.74) is 0.514. The van der Waals surface area contributed by atoms with Crippen molar-refractivity contribution in [2.45, 2.75) is 26.2 Å². The van der Waals surface area contributed by atoms with Crippen molar-refractivity contribution in [2.24, 2.45) is 5.16 Å². The van der Waals surface area contributed by atoms with Crippen LogP contribution in [-0.2, 0) is 6.54 Å². The van der Waals surface area contributed by atoms with E-state index < -0.39 is 5.79 Å². The average molecular weight is 301 g/mol. The summed E-state index contributed by atoms with van der Waals surface area (Å²) in [6.07, 6.45) is 4.35. The SMILES string of the molecule is CC1(C)Oc2ccc(C(=O)Cn3ccnc3/C=N/O)cc2O1. The molecule has 0 saturated heterocycles. The van der Waals surface area contributed by atoms with E-state index in [0.717, 1.165) is 0 Å². The number of benzene rings is 1. The van der Waals surface area contributed by atoms with Crippen LogP contribution in [0.5, 0.6) is 11.5 Å². The minimum absolute atomic E-state index is 0.0877. The number of ketones is 1. The predicted octanol–water partition coefficient (Wildman–Crippen LogP) is 2.08. The molecule has 0 aliphatic carbocycles. The van der Waals surface area contributed by atoms with Crippen molar-refractivity contribution in [1.29, 1.82) is 0 Å². The maximum atomic E-state index is 12.4. The molecular formula is C15H15N3O4. The molecule has 0 fully saturated rings. The molecule has 0 unspecified atom stereocenters. The highest BCUT2D eigenvalue weighted by Gasteiger charge is 2.32. The number of rotatable bonds is 4. The van der Waals surface area contributed by atoms with Gasteiger partial charge in [0.2, 0.25) is 5.79 Å². The van der Waals surface area contributed by atoms with E-state index in [4.69, 9.17) is 14.7 Å². The van der Waals surface area contributed by atoms with E-state index in [1.165, 1.54) is 12.4 Å². The molecule has 22 heavy (non-hydrogen) atoms. The van der Waals surface area contributed by atoms with Gasteiger partial charge in [0.15, 0.2) is 23.1 Å². The molecule has 0 radical (unpaired) electrons. The Morgan fingerprint density at radius 2 is 2.18 bits per heavy atom. The third-order valence-corrected chi connectivity index (χ3v) is 3.21. The van der Waals surface area contributed by atoms with E-state index in [-0.39, 0.29) is 12.3 Å². The molecule has 0 spiro atoms. The second kappa shape index (κ2) is 5.18. The first-order chi connectivity index (χ1) is 10.5. The number of oxime groups is 1. The number of hydrogen-bond donors (Lipinski definition) is 1. The highest BCUT2D eigenvalue weighted by Crippen LogP contribution is 2.39. The van der Waals surface area contributed by atoms with E-state index in [1.54, 1.807) is 42.8 Å². The van der Waals surface area contributed by atoms with Gasteiger partial charge in [0, 0.05) is 31.8 Å². The Labute approximate surface area is 126 Å². The largest absolute Gasteiger partial charge is 0.449 e. The maximum absolute atomic E-state index is 12.4. The van der Waals surface area contributed by atoms with Crippen molar-refractivity contribution in [2.75, 3.05) is 0 Å². The van der Waals surface area contributed by atoms with Gasteiger partial charge in [-0.2, -0.15) is 0 Å². The van der Waals surface area contributed by atoms with Crippen LogP contribution in [0.4, 0.5) is 0 Å². The Hall–Kier alpha value is -2.83. The number of nitrogens with zero attached hydrogens (tertiary/aromatic N) is 3. The molecule has 1 aliphatic rings. The number of fused-ring (bicyclic) bond motifs is 1. The average Bonchev–Trinajstić information content (AvgIpc) is 3.00. The lowest BCUT2D eigenvalue weighted by Crippen LogP contribution is -2.29. The molecule has 0 amide bonds. The molecule has 1 aromatic carbocycles. The number of imidazole rings is 1. The first-order valence-electron chi connectivity index (χ1n) is 6.72. The molecule has 0 saturated carbocycles. The van der Waals surface area contributed by atoms with Crippen molar-refractivity contribution in [1.82, 2.24) is 9.55 Å². The molecule has 1 N–H and O–H groups in total. The Morgan fingerprint density at radius 1 is 1.41 bits per heavy atom. The highest BCUT2D eigenvalue weighted by atomic mass is 16.7. The van der Waals surface area contributed by atoms with Crippen LogP contribution in [0.3, 0.4) is 0 Å². The summed E-state index contributed by atoms with van der Waals surface area (Å²) >= 11 is 0. The van der Waals surface area contributed by atoms with Gasteiger partial charge in [0.25, 0.3) is 0 Å². The van der Waals surface area contributed by atoms with Gasteiger partial charge in [0.05, 0.1) is 6.54 Å². The third kappa shape index (κ3) is 2.65. The molecule has 1 aromatic heterocycles. The fourth-order valence-electron chi connectivity index (χ4n) is 2.28. The fraction of sp³-hybridized carbons (Fsp3) is 0.267. The Morgan fingerprint density at radius 3 is 2.95 bits per heavy atom. The molecule has 3 rings (SSSR count). The molecule has 7 nitrogen and oxygen atoms in total. The Balaban J connectivity index is 1.81. The quantitative estimate of drug-likeness (QED) is 0.404. The number of carbonyl (C=O) groups is 1. The smallest absolute Gasteiger partial charge is 0.246 e. The van der Waals surface area contributed by atoms with E-state index >= 15 is 0 Å². The van der Waals surface area contributed by atoms with E-state index in [9.17, 15) is 4.79 Å². The summed E-state index contributed by atoms with van der Waals surface area (Å²) in [7, 11) is 0. The minimum Gasteiger partial charge on any atom is -0.449 e. The Bertz CT molecular complexity index is 749. The third-order valence-electron chi connectivity index (χ3n) is 3.21. The summed E-state index contributed by atoms with van der Waals surface area (Å²) < 4.78 is 12.8. The summed E-state index contributed by atoms with van der Waals surface area (Å²) in [6, 6.07) is 5.09. The topological polar surface area (TPSA) is 85.9 Å². The van der Waals surface area contributed by atoms with Gasteiger partial charge in [-0.3, -0.25) is 4.79 Å². The zero-order valence-electron chi connectivity index (χ0n) is 12.2. The number of aromatic nitrogens is 2. The fourth-order valence-corrected chi connectivity index (χ4v) is 2.28. The molecule has 7 heteroatoms. The predicted molar refractivity (Wildman–Crippen MR) is 77.7 cm³/mol. The summed E-state index contributed by atoms with van der Waals surface area (Å²) in [5.74, 6) is 0.745. The van der Waals surface area contributed by atoms with Crippen molar-refractivity contribution in [3.8, 4) is 11.5 Å². The Kier molecular flexibility index (Phi) is 3.32. The lowest BCUT2D eigenvalue weighted by molar-refractivity contribution is -0.0431. The number of Topliss-reactive ketones (excluding diaryl/α,β-unsaturated/α-hetero) is 1. The minimum atomic E-state index is -0.723. The molecule has 2 heterocycles. The zero-order valence-corrected chi connectivity index (χ0v) is 12.2. The van der Waals surface area contributed by atoms with Crippen molar-refractivity contribution in [3.05, 3.63) is 42.0 Å². The van der Waals surface area contributed by atoms with Crippen molar-refractivity contribution < 1.29 is 19.5 Å². The maximum Gasteiger partial charge on any atom is 0.246 e. The lowest BCUT2D eigenvalue weighted by atomic mass is 10.1. The number of hydrogen-bond acceptors (Lipinski definition) is 6. The van der Waals surface area contributed by atoms with Gasteiger partial charge >= 0.3 is 0 Å². The monoisotopic (exact) mass is 301 g/mol. The first kappa shape index (κ1) is 14.1. The molecule has 114 valence electrons. The standard InChI is InChI=1S/C15H15N3O4/c1-15(2)21-12-4-3-10(7-13(12)22-15)11(19)9-18-6-5-16-14(18)8-17-20/h3-8,20H,9H2,1-2H3/b17-8+. The van der Waals surface area contributed by atoms with Crippen LogP contribution in [0.15, 0.2) is 35.7 Å². The molecular weight excluding hydrogens is 286 g/mol. The normalized spacial score (nSPS) is 15.4. The first-order valence-corrected chi connectivity index (χ1v) is 6.72. The van der Waals surface area contributed by atoms with Crippen LogP contribution in [0.1, 0.15) is 30.0 Å². The van der Waals surface area contributed by atoms with Crippen LogP contribution in [-0.4, -0.2) is 32.5 Å². The van der Waals surface area contributed by atoms with Crippen LogP contribution < -0.4 is 9.47 Å². The van der Waals surface area contributed by atoms with Crippen LogP contribution in [0.25, 0.3) is 0 Å². The van der Waals surface area contributed by atoms with E-state index in [2.05, 4.69) is 10.1 Å². The summed E-state index contributed by atoms with van der Waals surface area (Å²) in [6.45, 7) is 3.70. The number of ether oxygens (including phenoxy) is 2. The second-order valence-corrected chi connectivity index (χ2v) is 5.35. The lowest BCUT2D eigenvalue weighted by Gasteiger charge is -2.16. The second-order valence-electron chi connectivity index (χ2n) is 5.35. The van der Waals surface area contributed by atoms with Gasteiger partial charge in [-0.15, -0.1) is 0 Å². The van der Waals surface area contributed by atoms with Crippen LogP contribution in [0, 0.1) is 0 Å².